The van der Waals surface area contributed by atoms with Gasteiger partial charge in [-0.15, -0.1) is 0 Å². The van der Waals surface area contributed by atoms with E-state index in [0.717, 1.165) is 0 Å². The van der Waals surface area contributed by atoms with Crippen molar-refractivity contribution in [2.45, 2.75) is 12.8 Å². The first kappa shape index (κ1) is 13.4. The van der Waals surface area contributed by atoms with Crippen molar-refractivity contribution < 1.29 is 9.84 Å². The van der Waals surface area contributed by atoms with E-state index in [9.17, 15) is 5.11 Å². The summed E-state index contributed by atoms with van der Waals surface area (Å²) in [4.78, 5) is 0. The van der Waals surface area contributed by atoms with Crippen LogP contribution in [-0.4, -0.2) is 18.3 Å². The van der Waals surface area contributed by atoms with Gasteiger partial charge < -0.3 is 15.6 Å². The number of hydrogen-bond donors (Lipinski definition) is 2. The van der Waals surface area contributed by atoms with Crippen LogP contribution in [0.4, 0.5) is 0 Å². The summed E-state index contributed by atoms with van der Waals surface area (Å²) in [7, 11) is 0. The van der Waals surface area contributed by atoms with Gasteiger partial charge in [-0.2, -0.15) is 0 Å². The maximum absolute atomic E-state index is 9.38. The zero-order valence-corrected chi connectivity index (χ0v) is 11.0. The molecule has 0 saturated heterocycles. The van der Waals surface area contributed by atoms with E-state index in [1.54, 1.807) is 18.2 Å². The molecule has 19 heavy (non-hydrogen) atoms. The van der Waals surface area contributed by atoms with E-state index in [1.165, 1.54) is 11.1 Å². The van der Waals surface area contributed by atoms with Crippen LogP contribution in [0.5, 0.6) is 11.5 Å². The second-order valence-corrected chi connectivity index (χ2v) is 4.65. The van der Waals surface area contributed by atoms with E-state index in [2.05, 4.69) is 31.2 Å². The molecule has 2 aromatic carbocycles. The molecule has 2 aromatic rings. The Balaban J connectivity index is 2.01. The minimum atomic E-state index is 0.156. The van der Waals surface area contributed by atoms with Gasteiger partial charge in [-0.3, -0.25) is 0 Å². The third kappa shape index (κ3) is 3.73. The Kier molecular flexibility index (Phi) is 4.42. The average Bonchev–Trinajstić information content (AvgIpc) is 2.41. The smallest absolute Gasteiger partial charge is 0.123 e. The molecular formula is C16H19NO2. The van der Waals surface area contributed by atoms with Crippen molar-refractivity contribution in [2.24, 2.45) is 5.73 Å². The lowest BCUT2D eigenvalue weighted by molar-refractivity contribution is 0.289. The average molecular weight is 257 g/mol. The zero-order valence-electron chi connectivity index (χ0n) is 11.0. The molecule has 0 aliphatic heterocycles. The van der Waals surface area contributed by atoms with Crippen LogP contribution in [0.2, 0.25) is 0 Å². The first-order chi connectivity index (χ1) is 9.19. The van der Waals surface area contributed by atoms with Crippen molar-refractivity contribution in [2.75, 3.05) is 13.2 Å². The fraction of sp³-hybridized carbons (Fsp3) is 0.250. The van der Waals surface area contributed by atoms with Crippen molar-refractivity contribution in [1.29, 1.82) is 0 Å². The molecule has 0 saturated carbocycles. The summed E-state index contributed by atoms with van der Waals surface area (Å²) in [5.74, 6) is 1.02. The Morgan fingerprint density at radius 2 is 1.89 bits per heavy atom. The number of rotatable bonds is 5. The first-order valence-electron chi connectivity index (χ1n) is 6.37. The fourth-order valence-corrected chi connectivity index (χ4v) is 1.91. The van der Waals surface area contributed by atoms with E-state index < -0.39 is 0 Å². The second-order valence-electron chi connectivity index (χ2n) is 4.65. The van der Waals surface area contributed by atoms with E-state index >= 15 is 0 Å². The fourth-order valence-electron chi connectivity index (χ4n) is 1.91. The van der Waals surface area contributed by atoms with Gasteiger partial charge in [0.15, 0.2) is 0 Å². The Morgan fingerprint density at radius 3 is 2.53 bits per heavy atom. The zero-order chi connectivity index (χ0) is 13.7. The van der Waals surface area contributed by atoms with Crippen LogP contribution in [0, 0.1) is 6.92 Å². The predicted molar refractivity (Wildman–Crippen MR) is 76.6 cm³/mol. The number of phenols is 1. The summed E-state index contributed by atoms with van der Waals surface area (Å²) in [6.45, 7) is 3.09. The molecule has 0 spiro atoms. The summed E-state index contributed by atoms with van der Waals surface area (Å²) >= 11 is 0. The lowest BCUT2D eigenvalue weighted by atomic mass is 9.99. The maximum atomic E-state index is 9.38. The summed E-state index contributed by atoms with van der Waals surface area (Å²) in [6.07, 6.45) is 0. The lowest BCUT2D eigenvalue weighted by Crippen LogP contribution is -2.19. The van der Waals surface area contributed by atoms with Crippen LogP contribution in [0.25, 0.3) is 0 Å². The monoisotopic (exact) mass is 257 g/mol. The third-order valence-corrected chi connectivity index (χ3v) is 3.10. The van der Waals surface area contributed by atoms with E-state index in [4.69, 9.17) is 10.5 Å². The largest absolute Gasteiger partial charge is 0.508 e. The SMILES string of the molecule is Cc1ccc(C(CN)COc2cccc(O)c2)cc1. The quantitative estimate of drug-likeness (QED) is 0.866. The summed E-state index contributed by atoms with van der Waals surface area (Å²) in [6, 6.07) is 15.1. The van der Waals surface area contributed by atoms with Gasteiger partial charge in [0.05, 0.1) is 6.61 Å². The van der Waals surface area contributed by atoms with Crippen molar-refractivity contribution in [3.05, 3.63) is 59.7 Å². The highest BCUT2D eigenvalue weighted by atomic mass is 16.5. The molecule has 2 rings (SSSR count). The number of nitrogens with two attached hydrogens (primary N) is 1. The van der Waals surface area contributed by atoms with Gasteiger partial charge in [-0.05, 0) is 24.6 Å². The van der Waals surface area contributed by atoms with Crippen molar-refractivity contribution >= 4 is 0 Å². The lowest BCUT2D eigenvalue weighted by Gasteiger charge is -2.16. The Morgan fingerprint density at radius 1 is 1.16 bits per heavy atom. The Labute approximate surface area is 113 Å². The number of aromatic hydroxyl groups is 1. The van der Waals surface area contributed by atoms with Gasteiger partial charge >= 0.3 is 0 Å². The topological polar surface area (TPSA) is 55.5 Å². The molecule has 0 heterocycles. The molecular weight excluding hydrogens is 238 g/mol. The molecule has 3 N–H and O–H groups in total. The molecule has 0 aromatic heterocycles. The molecule has 3 heteroatoms. The molecule has 0 radical (unpaired) electrons. The third-order valence-electron chi connectivity index (χ3n) is 3.10. The maximum Gasteiger partial charge on any atom is 0.123 e. The van der Waals surface area contributed by atoms with Crippen LogP contribution < -0.4 is 10.5 Å². The minimum Gasteiger partial charge on any atom is -0.508 e. The van der Waals surface area contributed by atoms with E-state index in [-0.39, 0.29) is 11.7 Å². The normalized spacial score (nSPS) is 12.1. The number of aryl methyl sites for hydroxylation is 1. The molecule has 1 atom stereocenters. The molecule has 0 aliphatic carbocycles. The van der Waals surface area contributed by atoms with Crippen LogP contribution >= 0.6 is 0 Å². The summed E-state index contributed by atoms with van der Waals surface area (Å²) in [5, 5.41) is 9.38. The van der Waals surface area contributed by atoms with Gasteiger partial charge in [-0.25, -0.2) is 0 Å². The second kappa shape index (κ2) is 6.25. The first-order valence-corrected chi connectivity index (χ1v) is 6.37. The highest BCUT2D eigenvalue weighted by Crippen LogP contribution is 2.21. The molecule has 0 fully saturated rings. The Hall–Kier alpha value is -2.00. The van der Waals surface area contributed by atoms with Gasteiger partial charge in [-0.1, -0.05) is 35.9 Å². The van der Waals surface area contributed by atoms with Crippen LogP contribution in [-0.2, 0) is 0 Å². The highest BCUT2D eigenvalue weighted by Gasteiger charge is 2.10. The number of phenolic OH excluding ortho intramolecular Hbond substituents is 1. The number of benzene rings is 2. The van der Waals surface area contributed by atoms with Gasteiger partial charge in [0.25, 0.3) is 0 Å². The van der Waals surface area contributed by atoms with Crippen LogP contribution in [0.15, 0.2) is 48.5 Å². The van der Waals surface area contributed by atoms with E-state index in [0.29, 0.717) is 18.9 Å². The summed E-state index contributed by atoms with van der Waals surface area (Å²) < 4.78 is 5.68. The number of ether oxygens (including phenoxy) is 1. The molecule has 0 aliphatic rings. The van der Waals surface area contributed by atoms with Gasteiger partial charge in [0.2, 0.25) is 0 Å². The minimum absolute atomic E-state index is 0.156. The molecule has 100 valence electrons. The molecule has 3 nitrogen and oxygen atoms in total. The van der Waals surface area contributed by atoms with E-state index in [1.807, 2.05) is 6.07 Å². The predicted octanol–water partition coefficient (Wildman–Crippen LogP) is 2.82. The van der Waals surface area contributed by atoms with Crippen LogP contribution in [0.1, 0.15) is 17.0 Å². The van der Waals surface area contributed by atoms with Crippen LogP contribution in [0.3, 0.4) is 0 Å². The summed E-state index contributed by atoms with van der Waals surface area (Å²) in [5.41, 5.74) is 8.21. The van der Waals surface area contributed by atoms with Crippen molar-refractivity contribution in [3.8, 4) is 11.5 Å². The molecule has 1 unspecified atom stereocenters. The number of hydrogen-bond acceptors (Lipinski definition) is 3. The van der Waals surface area contributed by atoms with Crippen molar-refractivity contribution in [1.82, 2.24) is 0 Å². The van der Waals surface area contributed by atoms with Gasteiger partial charge in [0.1, 0.15) is 11.5 Å². The van der Waals surface area contributed by atoms with Gasteiger partial charge in [0, 0.05) is 18.5 Å². The van der Waals surface area contributed by atoms with Crippen molar-refractivity contribution in [3.63, 3.8) is 0 Å². The Bertz CT molecular complexity index is 523. The highest BCUT2D eigenvalue weighted by molar-refractivity contribution is 5.32. The standard InChI is InChI=1S/C16H19NO2/c1-12-5-7-13(8-6-12)14(10-17)11-19-16-4-2-3-15(18)9-16/h2-9,14,18H,10-11,17H2,1H3. The molecule has 0 bridgehead atoms. The molecule has 0 amide bonds.